The third kappa shape index (κ3) is 2.69. The van der Waals surface area contributed by atoms with Crippen molar-refractivity contribution in [3.63, 3.8) is 0 Å². The molecule has 0 aliphatic carbocycles. The maximum absolute atomic E-state index is 3.88. The van der Waals surface area contributed by atoms with Gasteiger partial charge >= 0.3 is 0 Å². The Morgan fingerprint density at radius 1 is 1.36 bits per heavy atom. The second kappa shape index (κ2) is 3.94. The molecule has 11 heavy (non-hydrogen) atoms. The molecule has 0 bridgehead atoms. The Balaban J connectivity index is 4.35. The lowest BCUT2D eigenvalue weighted by molar-refractivity contribution is 0.205. The quantitative estimate of drug-likeness (QED) is 0.539. The smallest absolute Gasteiger partial charge is 0.0147 e. The molecule has 0 saturated carbocycles. The summed E-state index contributed by atoms with van der Waals surface area (Å²) in [6, 6.07) is 0. The highest BCUT2D eigenvalue weighted by molar-refractivity contribution is 4.93. The minimum absolute atomic E-state index is 0.295. The van der Waals surface area contributed by atoms with Gasteiger partial charge in [0.25, 0.3) is 0 Å². The molecule has 0 radical (unpaired) electrons. The zero-order valence-electron chi connectivity index (χ0n) is 8.65. The minimum atomic E-state index is 0.295. The van der Waals surface area contributed by atoms with Gasteiger partial charge in [0, 0.05) is 0 Å². The summed E-state index contributed by atoms with van der Waals surface area (Å²) in [6.45, 7) is 15.3. The number of hydrogen-bond donors (Lipinski definition) is 0. The SMILES string of the molecule is C=CC(C)(C)C(CC)C(C)C. The average Bonchev–Trinajstić information content (AvgIpc) is 1.88. The van der Waals surface area contributed by atoms with Crippen LogP contribution >= 0.6 is 0 Å². The lowest BCUT2D eigenvalue weighted by Crippen LogP contribution is -2.25. The first-order valence-electron chi connectivity index (χ1n) is 4.59. The fourth-order valence-corrected chi connectivity index (χ4v) is 2.01. The maximum Gasteiger partial charge on any atom is -0.0147 e. The lowest BCUT2D eigenvalue weighted by Gasteiger charge is -2.33. The second-order valence-electron chi connectivity index (χ2n) is 4.28. The highest BCUT2D eigenvalue weighted by Gasteiger charge is 2.26. The Bertz CT molecular complexity index is 120. The minimum Gasteiger partial charge on any atom is -0.103 e. The van der Waals surface area contributed by atoms with Crippen molar-refractivity contribution in [2.75, 3.05) is 0 Å². The molecule has 0 nitrogen and oxygen atoms in total. The maximum atomic E-state index is 3.88. The van der Waals surface area contributed by atoms with Crippen LogP contribution in [0.3, 0.4) is 0 Å². The second-order valence-corrected chi connectivity index (χ2v) is 4.28. The van der Waals surface area contributed by atoms with Crippen molar-refractivity contribution in [3.05, 3.63) is 12.7 Å². The van der Waals surface area contributed by atoms with E-state index in [9.17, 15) is 0 Å². The van der Waals surface area contributed by atoms with Gasteiger partial charge in [-0.2, -0.15) is 0 Å². The van der Waals surface area contributed by atoms with Gasteiger partial charge in [-0.1, -0.05) is 47.1 Å². The molecule has 0 spiro atoms. The molecule has 0 aromatic rings. The van der Waals surface area contributed by atoms with Crippen molar-refractivity contribution < 1.29 is 0 Å². The van der Waals surface area contributed by atoms with Crippen LogP contribution in [0.25, 0.3) is 0 Å². The topological polar surface area (TPSA) is 0 Å². The predicted octanol–water partition coefficient (Wildman–Crippen LogP) is 3.88. The van der Waals surface area contributed by atoms with Gasteiger partial charge in [0.1, 0.15) is 0 Å². The normalized spacial score (nSPS) is 15.1. The molecule has 0 heteroatoms. The molecular formula is C11H22. The molecule has 66 valence electrons. The predicted molar refractivity (Wildman–Crippen MR) is 52.6 cm³/mol. The van der Waals surface area contributed by atoms with E-state index in [-0.39, 0.29) is 0 Å². The van der Waals surface area contributed by atoms with Gasteiger partial charge in [0.05, 0.1) is 0 Å². The zero-order valence-corrected chi connectivity index (χ0v) is 8.65. The fourth-order valence-electron chi connectivity index (χ4n) is 2.01. The molecule has 0 saturated heterocycles. The van der Waals surface area contributed by atoms with Gasteiger partial charge < -0.3 is 0 Å². The van der Waals surface area contributed by atoms with Crippen molar-refractivity contribution in [2.24, 2.45) is 17.3 Å². The van der Waals surface area contributed by atoms with E-state index >= 15 is 0 Å². The van der Waals surface area contributed by atoms with Crippen molar-refractivity contribution in [1.82, 2.24) is 0 Å². The van der Waals surface area contributed by atoms with Crippen molar-refractivity contribution in [1.29, 1.82) is 0 Å². The lowest BCUT2D eigenvalue weighted by atomic mass is 9.72. The Hall–Kier alpha value is -0.260. The molecule has 0 aliphatic rings. The molecule has 0 aromatic heterocycles. The molecule has 0 rings (SSSR count). The average molecular weight is 154 g/mol. The van der Waals surface area contributed by atoms with E-state index in [1.54, 1.807) is 0 Å². The summed E-state index contributed by atoms with van der Waals surface area (Å²) in [6.07, 6.45) is 3.33. The van der Waals surface area contributed by atoms with Crippen LogP contribution < -0.4 is 0 Å². The van der Waals surface area contributed by atoms with Gasteiger partial charge in [-0.15, -0.1) is 6.58 Å². The molecule has 1 unspecified atom stereocenters. The number of allylic oxidation sites excluding steroid dienone is 1. The van der Waals surface area contributed by atoms with Crippen LogP contribution in [-0.4, -0.2) is 0 Å². The summed E-state index contributed by atoms with van der Waals surface area (Å²) < 4.78 is 0. The van der Waals surface area contributed by atoms with Crippen LogP contribution in [0.1, 0.15) is 41.0 Å². The fraction of sp³-hybridized carbons (Fsp3) is 0.818. The largest absolute Gasteiger partial charge is 0.103 e. The molecule has 1 atom stereocenters. The van der Waals surface area contributed by atoms with E-state index < -0.39 is 0 Å². The van der Waals surface area contributed by atoms with Crippen LogP contribution in [0, 0.1) is 17.3 Å². The van der Waals surface area contributed by atoms with Crippen molar-refractivity contribution >= 4 is 0 Å². The highest BCUT2D eigenvalue weighted by Crippen LogP contribution is 2.35. The van der Waals surface area contributed by atoms with Crippen LogP contribution in [0.15, 0.2) is 12.7 Å². The van der Waals surface area contributed by atoms with Gasteiger partial charge in [-0.05, 0) is 17.3 Å². The summed E-state index contributed by atoms with van der Waals surface area (Å²) in [5, 5.41) is 0. The third-order valence-electron chi connectivity index (χ3n) is 2.73. The molecule has 0 N–H and O–H groups in total. The Morgan fingerprint density at radius 2 is 1.82 bits per heavy atom. The van der Waals surface area contributed by atoms with Gasteiger partial charge in [0.15, 0.2) is 0 Å². The number of hydrogen-bond acceptors (Lipinski definition) is 0. The van der Waals surface area contributed by atoms with E-state index in [4.69, 9.17) is 0 Å². The molecule has 0 fully saturated rings. The van der Waals surface area contributed by atoms with Crippen molar-refractivity contribution in [2.45, 2.75) is 41.0 Å². The Morgan fingerprint density at radius 3 is 1.91 bits per heavy atom. The first-order chi connectivity index (χ1) is 4.95. The Kier molecular flexibility index (Phi) is 3.85. The van der Waals surface area contributed by atoms with Gasteiger partial charge in [-0.25, -0.2) is 0 Å². The molecule has 0 aliphatic heterocycles. The third-order valence-corrected chi connectivity index (χ3v) is 2.73. The van der Waals surface area contributed by atoms with E-state index in [1.165, 1.54) is 6.42 Å². The van der Waals surface area contributed by atoms with Gasteiger partial charge in [-0.3, -0.25) is 0 Å². The molecule has 0 aromatic carbocycles. The van der Waals surface area contributed by atoms with E-state index in [1.807, 2.05) is 0 Å². The summed E-state index contributed by atoms with van der Waals surface area (Å²) in [4.78, 5) is 0. The Labute approximate surface area is 71.7 Å². The summed E-state index contributed by atoms with van der Waals surface area (Å²) >= 11 is 0. The van der Waals surface area contributed by atoms with Crippen LogP contribution in [0.2, 0.25) is 0 Å². The van der Waals surface area contributed by atoms with E-state index in [0.29, 0.717) is 5.41 Å². The molecule has 0 amide bonds. The monoisotopic (exact) mass is 154 g/mol. The highest BCUT2D eigenvalue weighted by atomic mass is 14.3. The van der Waals surface area contributed by atoms with Crippen LogP contribution in [-0.2, 0) is 0 Å². The van der Waals surface area contributed by atoms with E-state index in [2.05, 4.69) is 47.3 Å². The van der Waals surface area contributed by atoms with E-state index in [0.717, 1.165) is 11.8 Å². The summed E-state index contributed by atoms with van der Waals surface area (Å²) in [5.41, 5.74) is 0.295. The summed E-state index contributed by atoms with van der Waals surface area (Å²) in [7, 11) is 0. The number of rotatable bonds is 4. The van der Waals surface area contributed by atoms with Crippen LogP contribution in [0.5, 0.6) is 0 Å². The summed E-state index contributed by atoms with van der Waals surface area (Å²) in [5.74, 6) is 1.52. The first kappa shape index (κ1) is 10.7. The van der Waals surface area contributed by atoms with Gasteiger partial charge in [0.2, 0.25) is 0 Å². The molecule has 0 heterocycles. The van der Waals surface area contributed by atoms with Crippen LogP contribution in [0.4, 0.5) is 0 Å². The molecular weight excluding hydrogens is 132 g/mol. The first-order valence-corrected chi connectivity index (χ1v) is 4.59. The zero-order chi connectivity index (χ0) is 9.07. The standard InChI is InChI=1S/C11H22/c1-7-10(9(3)4)11(5,6)8-2/h8-10H,2,7H2,1,3-6H3. The van der Waals surface area contributed by atoms with Crippen molar-refractivity contribution in [3.8, 4) is 0 Å².